The van der Waals surface area contributed by atoms with Gasteiger partial charge in [-0.15, -0.1) is 0 Å². The fraction of sp³-hybridized carbons (Fsp3) is 0.421. The number of fused-ring (bicyclic) bond motifs is 1. The fourth-order valence-electron chi connectivity index (χ4n) is 3.82. The number of rotatable bonds is 3. The number of likely N-dealkylation sites (tertiary alicyclic amines) is 1. The molecule has 1 saturated heterocycles. The van der Waals surface area contributed by atoms with Crippen LogP contribution in [0.3, 0.4) is 0 Å². The van der Waals surface area contributed by atoms with Crippen LogP contribution in [0.15, 0.2) is 43.0 Å². The van der Waals surface area contributed by atoms with Gasteiger partial charge in [-0.1, -0.05) is 12.5 Å². The lowest BCUT2D eigenvalue weighted by atomic mass is 10.00. The third kappa shape index (κ3) is 2.91. The fourth-order valence-corrected chi connectivity index (χ4v) is 3.82. The molecule has 1 amide bonds. The predicted octanol–water partition coefficient (Wildman–Crippen LogP) is 2.42. The van der Waals surface area contributed by atoms with Crippen LogP contribution in [0.1, 0.15) is 30.4 Å². The van der Waals surface area contributed by atoms with Crippen molar-refractivity contribution in [3.8, 4) is 0 Å². The van der Waals surface area contributed by atoms with E-state index in [9.17, 15) is 4.79 Å². The third-order valence-electron chi connectivity index (χ3n) is 5.05. The van der Waals surface area contributed by atoms with E-state index >= 15 is 0 Å². The molecule has 4 heterocycles. The number of nitrogens with zero attached hydrogens (tertiary/aromatic N) is 4. The van der Waals surface area contributed by atoms with Crippen molar-refractivity contribution in [3.05, 3.63) is 54.1 Å². The molecule has 2 aliphatic rings. The maximum atomic E-state index is 13.2. The molecule has 2 aromatic heterocycles. The van der Waals surface area contributed by atoms with Gasteiger partial charge in [0, 0.05) is 43.6 Å². The van der Waals surface area contributed by atoms with E-state index in [2.05, 4.69) is 20.9 Å². The number of carbonyl (C=O) groups is 1. The largest absolute Gasteiger partial charge is 0.310 e. The molecular weight excluding hydrogens is 300 g/mol. The minimum Gasteiger partial charge on any atom is -0.310 e. The lowest BCUT2D eigenvalue weighted by molar-refractivity contribution is -0.125. The van der Waals surface area contributed by atoms with Gasteiger partial charge in [0.1, 0.15) is 0 Å². The molecule has 124 valence electrons. The molecule has 4 rings (SSSR count). The van der Waals surface area contributed by atoms with Gasteiger partial charge in [0.05, 0.1) is 6.04 Å². The highest BCUT2D eigenvalue weighted by molar-refractivity contribution is 5.98. The molecule has 0 bridgehead atoms. The van der Waals surface area contributed by atoms with E-state index in [4.69, 9.17) is 0 Å². The first-order valence-corrected chi connectivity index (χ1v) is 8.70. The van der Waals surface area contributed by atoms with Gasteiger partial charge in [-0.3, -0.25) is 19.7 Å². The van der Waals surface area contributed by atoms with Gasteiger partial charge in [-0.25, -0.2) is 0 Å². The summed E-state index contributed by atoms with van der Waals surface area (Å²) in [4.78, 5) is 25.9. The van der Waals surface area contributed by atoms with Crippen LogP contribution in [0.2, 0.25) is 0 Å². The smallest absolute Gasteiger partial charge is 0.244 e. The summed E-state index contributed by atoms with van der Waals surface area (Å²) in [7, 11) is 0. The molecule has 5 nitrogen and oxygen atoms in total. The van der Waals surface area contributed by atoms with Crippen molar-refractivity contribution in [2.24, 2.45) is 0 Å². The Morgan fingerprint density at radius 1 is 1.12 bits per heavy atom. The number of piperidine rings is 1. The summed E-state index contributed by atoms with van der Waals surface area (Å²) in [5, 5.41) is 0. The Balaban J connectivity index is 1.54. The molecule has 1 atom stereocenters. The predicted molar refractivity (Wildman–Crippen MR) is 92.6 cm³/mol. The number of hydrogen-bond acceptors (Lipinski definition) is 4. The number of amides is 1. The Morgan fingerprint density at radius 2 is 2.04 bits per heavy atom. The zero-order chi connectivity index (χ0) is 16.4. The van der Waals surface area contributed by atoms with Crippen LogP contribution in [-0.2, 0) is 17.8 Å². The van der Waals surface area contributed by atoms with Gasteiger partial charge in [0.15, 0.2) is 0 Å². The number of hydrogen-bond donors (Lipinski definition) is 0. The molecule has 2 aliphatic heterocycles. The second-order valence-corrected chi connectivity index (χ2v) is 6.59. The molecule has 0 saturated carbocycles. The van der Waals surface area contributed by atoms with Crippen molar-refractivity contribution in [2.45, 2.75) is 38.3 Å². The maximum absolute atomic E-state index is 13.2. The van der Waals surface area contributed by atoms with Gasteiger partial charge in [-0.2, -0.15) is 0 Å². The van der Waals surface area contributed by atoms with Crippen LogP contribution in [0.5, 0.6) is 0 Å². The SMILES string of the molecule is O=C(C1CCCCN1Cc1cccnc1)N1CCc2cnccc21. The van der Waals surface area contributed by atoms with E-state index in [0.717, 1.165) is 51.0 Å². The van der Waals surface area contributed by atoms with Crippen molar-refractivity contribution < 1.29 is 4.79 Å². The topological polar surface area (TPSA) is 49.3 Å². The van der Waals surface area contributed by atoms with E-state index < -0.39 is 0 Å². The van der Waals surface area contributed by atoms with Crippen molar-refractivity contribution >= 4 is 11.6 Å². The van der Waals surface area contributed by atoms with Crippen LogP contribution in [0.25, 0.3) is 0 Å². The first kappa shape index (κ1) is 15.3. The Bertz CT molecular complexity index is 718. The van der Waals surface area contributed by atoms with E-state index in [1.807, 2.05) is 29.4 Å². The summed E-state index contributed by atoms with van der Waals surface area (Å²) >= 11 is 0. The minimum atomic E-state index is -0.0296. The lowest BCUT2D eigenvalue weighted by Gasteiger charge is -2.36. The summed E-state index contributed by atoms with van der Waals surface area (Å²) in [6.07, 6.45) is 11.5. The highest BCUT2D eigenvalue weighted by atomic mass is 16.2. The first-order chi connectivity index (χ1) is 11.8. The monoisotopic (exact) mass is 322 g/mol. The molecule has 1 fully saturated rings. The van der Waals surface area contributed by atoms with Crippen molar-refractivity contribution in [2.75, 3.05) is 18.0 Å². The molecule has 0 aromatic carbocycles. The van der Waals surface area contributed by atoms with Gasteiger partial charge in [0.25, 0.3) is 0 Å². The molecule has 24 heavy (non-hydrogen) atoms. The number of carbonyl (C=O) groups excluding carboxylic acids is 1. The Hall–Kier alpha value is -2.27. The molecule has 0 spiro atoms. The molecule has 0 aliphatic carbocycles. The summed E-state index contributed by atoms with van der Waals surface area (Å²) < 4.78 is 0. The Morgan fingerprint density at radius 3 is 2.92 bits per heavy atom. The number of anilines is 1. The normalized spacial score (nSPS) is 20.8. The Labute approximate surface area is 142 Å². The van der Waals surface area contributed by atoms with Crippen LogP contribution in [-0.4, -0.2) is 39.9 Å². The molecule has 0 radical (unpaired) electrons. The minimum absolute atomic E-state index is 0.0296. The zero-order valence-corrected chi connectivity index (χ0v) is 13.8. The molecule has 2 aromatic rings. The number of aromatic nitrogens is 2. The summed E-state index contributed by atoms with van der Waals surface area (Å²) in [5.74, 6) is 0.239. The van der Waals surface area contributed by atoms with Gasteiger partial charge < -0.3 is 4.90 Å². The number of pyridine rings is 2. The highest BCUT2D eigenvalue weighted by Crippen LogP contribution is 2.30. The van der Waals surface area contributed by atoms with E-state index in [-0.39, 0.29) is 11.9 Å². The summed E-state index contributed by atoms with van der Waals surface area (Å²) in [6, 6.07) is 5.98. The lowest BCUT2D eigenvalue weighted by Crippen LogP contribution is -2.50. The van der Waals surface area contributed by atoms with Crippen LogP contribution in [0.4, 0.5) is 5.69 Å². The average Bonchev–Trinajstić information content (AvgIpc) is 3.07. The van der Waals surface area contributed by atoms with E-state index in [1.165, 1.54) is 11.1 Å². The van der Waals surface area contributed by atoms with Gasteiger partial charge >= 0.3 is 0 Å². The standard InChI is InChI=1S/C19H22N4O/c24-19(23-11-7-16-13-21-9-6-17(16)23)18-5-1-2-10-22(18)14-15-4-3-8-20-12-15/h3-4,6,8-9,12-13,18H,1-2,5,7,10-11,14H2. The second-order valence-electron chi connectivity index (χ2n) is 6.59. The van der Waals surface area contributed by atoms with Crippen molar-refractivity contribution in [3.63, 3.8) is 0 Å². The maximum Gasteiger partial charge on any atom is 0.244 e. The summed E-state index contributed by atoms with van der Waals surface area (Å²) in [5.41, 5.74) is 3.39. The summed E-state index contributed by atoms with van der Waals surface area (Å²) in [6.45, 7) is 2.54. The van der Waals surface area contributed by atoms with Gasteiger partial charge in [0.2, 0.25) is 5.91 Å². The molecule has 1 unspecified atom stereocenters. The average molecular weight is 322 g/mol. The van der Waals surface area contributed by atoms with Crippen LogP contribution in [0, 0.1) is 0 Å². The van der Waals surface area contributed by atoms with Crippen molar-refractivity contribution in [1.29, 1.82) is 0 Å². The van der Waals surface area contributed by atoms with Gasteiger partial charge in [-0.05, 0) is 49.1 Å². The first-order valence-electron chi connectivity index (χ1n) is 8.70. The zero-order valence-electron chi connectivity index (χ0n) is 13.8. The van der Waals surface area contributed by atoms with Crippen LogP contribution < -0.4 is 4.90 Å². The molecule has 0 N–H and O–H groups in total. The quantitative estimate of drug-likeness (QED) is 0.871. The Kier molecular flexibility index (Phi) is 4.26. The van der Waals surface area contributed by atoms with E-state index in [1.54, 1.807) is 12.4 Å². The highest BCUT2D eigenvalue weighted by Gasteiger charge is 2.35. The molecular formula is C19H22N4O. The van der Waals surface area contributed by atoms with E-state index in [0.29, 0.717) is 0 Å². The van der Waals surface area contributed by atoms with Crippen LogP contribution >= 0.6 is 0 Å². The third-order valence-corrected chi connectivity index (χ3v) is 5.05. The molecule has 5 heteroatoms. The van der Waals surface area contributed by atoms with Crippen molar-refractivity contribution in [1.82, 2.24) is 14.9 Å². The second kappa shape index (κ2) is 6.69.